The minimum absolute atomic E-state index is 0.196. The highest BCUT2D eigenvalue weighted by atomic mass is 19.4. The van der Waals surface area contributed by atoms with Crippen molar-refractivity contribution >= 4 is 11.6 Å². The number of carbonyl (C=O) groups is 1. The van der Waals surface area contributed by atoms with E-state index in [0.29, 0.717) is 11.3 Å². The van der Waals surface area contributed by atoms with Crippen LogP contribution < -0.4 is 11.1 Å². The Labute approximate surface area is 119 Å². The van der Waals surface area contributed by atoms with Crippen molar-refractivity contribution in [2.75, 3.05) is 5.73 Å². The van der Waals surface area contributed by atoms with Crippen molar-refractivity contribution in [3.63, 3.8) is 0 Å². The minimum atomic E-state index is -4.88. The van der Waals surface area contributed by atoms with E-state index in [4.69, 9.17) is 5.73 Å². The van der Waals surface area contributed by atoms with Crippen LogP contribution in [0.3, 0.4) is 0 Å². The van der Waals surface area contributed by atoms with Crippen LogP contribution in [0, 0.1) is 0 Å². The number of hydrogen-bond acceptors (Lipinski definition) is 2. The zero-order valence-electron chi connectivity index (χ0n) is 10.9. The average Bonchev–Trinajstić information content (AvgIpc) is 2.45. The molecule has 0 aliphatic carbocycles. The lowest BCUT2D eigenvalue weighted by Gasteiger charge is -2.12. The summed E-state index contributed by atoms with van der Waals surface area (Å²) in [6.45, 7) is -0.196. The van der Waals surface area contributed by atoms with Gasteiger partial charge >= 0.3 is 12.1 Å². The summed E-state index contributed by atoms with van der Waals surface area (Å²) in [6.07, 6.45) is -4.88. The number of carbonyl (C=O) groups excluding carboxylic acids is 1. The van der Waals surface area contributed by atoms with Gasteiger partial charge in [0.2, 0.25) is 0 Å². The third kappa shape index (κ3) is 3.75. The minimum Gasteiger partial charge on any atom is -0.399 e. The van der Waals surface area contributed by atoms with Gasteiger partial charge in [-0.2, -0.15) is 13.2 Å². The van der Waals surface area contributed by atoms with Crippen LogP contribution in [0.15, 0.2) is 48.5 Å². The number of nitrogen functional groups attached to an aromatic ring is 1. The van der Waals surface area contributed by atoms with Gasteiger partial charge in [0, 0.05) is 12.2 Å². The first-order valence-corrected chi connectivity index (χ1v) is 6.17. The van der Waals surface area contributed by atoms with Crippen molar-refractivity contribution in [2.45, 2.75) is 12.7 Å². The first-order chi connectivity index (χ1) is 9.88. The number of amides is 1. The van der Waals surface area contributed by atoms with Gasteiger partial charge in [0.1, 0.15) is 0 Å². The fourth-order valence-corrected chi connectivity index (χ4v) is 1.89. The van der Waals surface area contributed by atoms with Crippen LogP contribution in [0.25, 0.3) is 11.1 Å². The van der Waals surface area contributed by atoms with Crippen molar-refractivity contribution in [1.29, 1.82) is 0 Å². The molecule has 0 unspecified atom stereocenters. The van der Waals surface area contributed by atoms with Gasteiger partial charge in [-0.25, -0.2) is 0 Å². The second kappa shape index (κ2) is 5.87. The molecule has 2 aromatic rings. The quantitative estimate of drug-likeness (QED) is 0.855. The maximum Gasteiger partial charge on any atom is 0.471 e. The molecule has 2 rings (SSSR count). The van der Waals surface area contributed by atoms with E-state index in [0.717, 1.165) is 11.1 Å². The van der Waals surface area contributed by atoms with E-state index in [1.54, 1.807) is 48.5 Å². The Kier molecular flexibility index (Phi) is 4.16. The van der Waals surface area contributed by atoms with Crippen molar-refractivity contribution in [1.82, 2.24) is 5.32 Å². The number of nitrogens with one attached hydrogen (secondary N) is 1. The average molecular weight is 294 g/mol. The molecule has 0 saturated carbocycles. The summed E-state index contributed by atoms with van der Waals surface area (Å²) < 4.78 is 36.6. The van der Waals surface area contributed by atoms with Crippen LogP contribution in [-0.2, 0) is 11.3 Å². The Morgan fingerprint density at radius 1 is 1.05 bits per heavy atom. The van der Waals surface area contributed by atoms with E-state index < -0.39 is 12.1 Å². The molecule has 3 N–H and O–H groups in total. The lowest BCUT2D eigenvalue weighted by atomic mass is 9.99. The first-order valence-electron chi connectivity index (χ1n) is 6.17. The number of benzene rings is 2. The third-order valence-electron chi connectivity index (χ3n) is 2.94. The molecular weight excluding hydrogens is 281 g/mol. The molecule has 2 aromatic carbocycles. The highest BCUT2D eigenvalue weighted by molar-refractivity contribution is 5.82. The van der Waals surface area contributed by atoms with Gasteiger partial charge in [0.15, 0.2) is 0 Å². The molecule has 0 aliphatic heterocycles. The van der Waals surface area contributed by atoms with Crippen LogP contribution in [0.1, 0.15) is 5.56 Å². The highest BCUT2D eigenvalue weighted by Crippen LogP contribution is 2.25. The smallest absolute Gasteiger partial charge is 0.399 e. The molecule has 110 valence electrons. The predicted molar refractivity (Wildman–Crippen MR) is 74.2 cm³/mol. The molecular formula is C15H13F3N2O. The summed E-state index contributed by atoms with van der Waals surface area (Å²) in [7, 11) is 0. The fourth-order valence-electron chi connectivity index (χ4n) is 1.89. The molecule has 0 radical (unpaired) electrons. The molecule has 0 fully saturated rings. The van der Waals surface area contributed by atoms with Crippen molar-refractivity contribution in [2.24, 2.45) is 0 Å². The summed E-state index contributed by atoms with van der Waals surface area (Å²) in [5, 5.41) is 1.87. The Morgan fingerprint density at radius 3 is 2.29 bits per heavy atom. The van der Waals surface area contributed by atoms with Gasteiger partial charge in [0.25, 0.3) is 0 Å². The summed E-state index contributed by atoms with van der Waals surface area (Å²) in [5.41, 5.74) is 8.37. The number of anilines is 1. The number of hydrogen-bond donors (Lipinski definition) is 2. The molecule has 0 heterocycles. The van der Waals surface area contributed by atoms with Crippen LogP contribution in [0.2, 0.25) is 0 Å². The monoisotopic (exact) mass is 294 g/mol. The second-order valence-corrected chi connectivity index (χ2v) is 4.46. The van der Waals surface area contributed by atoms with Crippen LogP contribution in [-0.4, -0.2) is 12.1 Å². The summed E-state index contributed by atoms with van der Waals surface area (Å²) in [5.74, 6) is -1.95. The predicted octanol–water partition coefficient (Wildman–Crippen LogP) is 3.11. The van der Waals surface area contributed by atoms with Crippen molar-refractivity contribution < 1.29 is 18.0 Å². The molecule has 0 atom stereocenters. The van der Waals surface area contributed by atoms with E-state index in [2.05, 4.69) is 0 Å². The molecule has 3 nitrogen and oxygen atoms in total. The Hall–Kier alpha value is -2.50. The van der Waals surface area contributed by atoms with E-state index >= 15 is 0 Å². The number of halogens is 3. The Balaban J connectivity index is 2.22. The topological polar surface area (TPSA) is 55.1 Å². The maximum absolute atomic E-state index is 12.2. The molecule has 6 heteroatoms. The first kappa shape index (κ1) is 14.9. The zero-order chi connectivity index (χ0) is 15.5. The third-order valence-corrected chi connectivity index (χ3v) is 2.94. The lowest BCUT2D eigenvalue weighted by molar-refractivity contribution is -0.173. The second-order valence-electron chi connectivity index (χ2n) is 4.46. The molecule has 1 amide bonds. The van der Waals surface area contributed by atoms with Crippen LogP contribution in [0.4, 0.5) is 18.9 Å². The summed E-state index contributed by atoms with van der Waals surface area (Å²) in [4.78, 5) is 10.9. The molecule has 0 aromatic heterocycles. The summed E-state index contributed by atoms with van der Waals surface area (Å²) >= 11 is 0. The SMILES string of the molecule is Nc1ccc(-c2ccccc2CNC(=O)C(F)(F)F)cc1. The molecule has 0 aliphatic rings. The number of nitrogens with two attached hydrogens (primary N) is 1. The Morgan fingerprint density at radius 2 is 1.67 bits per heavy atom. The number of rotatable bonds is 3. The number of alkyl halides is 3. The highest BCUT2D eigenvalue weighted by Gasteiger charge is 2.38. The van der Waals surface area contributed by atoms with Gasteiger partial charge < -0.3 is 11.1 Å². The van der Waals surface area contributed by atoms with Gasteiger partial charge in [-0.15, -0.1) is 0 Å². The van der Waals surface area contributed by atoms with Gasteiger partial charge in [-0.05, 0) is 28.8 Å². The molecule has 0 spiro atoms. The molecule has 21 heavy (non-hydrogen) atoms. The fraction of sp³-hybridized carbons (Fsp3) is 0.133. The molecule has 0 saturated heterocycles. The van der Waals surface area contributed by atoms with E-state index in [1.807, 2.05) is 5.32 Å². The Bertz CT molecular complexity index is 636. The normalized spacial score (nSPS) is 11.2. The van der Waals surface area contributed by atoms with Crippen molar-refractivity contribution in [3.8, 4) is 11.1 Å². The van der Waals surface area contributed by atoms with Crippen LogP contribution in [0.5, 0.6) is 0 Å². The maximum atomic E-state index is 12.2. The van der Waals surface area contributed by atoms with Crippen LogP contribution >= 0.6 is 0 Å². The van der Waals surface area contributed by atoms with Gasteiger partial charge in [-0.1, -0.05) is 36.4 Å². The summed E-state index contributed by atoms with van der Waals surface area (Å²) in [6, 6.07) is 13.9. The zero-order valence-corrected chi connectivity index (χ0v) is 10.9. The molecule has 0 bridgehead atoms. The van der Waals surface area contributed by atoms with Gasteiger partial charge in [-0.3, -0.25) is 4.79 Å². The van der Waals surface area contributed by atoms with E-state index in [-0.39, 0.29) is 6.54 Å². The standard InChI is InChI=1S/C15H13F3N2O/c16-15(17,18)14(21)20-9-11-3-1-2-4-13(11)10-5-7-12(19)8-6-10/h1-8H,9,19H2,(H,20,21). The largest absolute Gasteiger partial charge is 0.471 e. The van der Waals surface area contributed by atoms with E-state index in [1.165, 1.54) is 0 Å². The van der Waals surface area contributed by atoms with Gasteiger partial charge in [0.05, 0.1) is 0 Å². The van der Waals surface area contributed by atoms with Crippen molar-refractivity contribution in [3.05, 3.63) is 54.1 Å². The lowest BCUT2D eigenvalue weighted by Crippen LogP contribution is -2.36. The van der Waals surface area contributed by atoms with E-state index in [9.17, 15) is 18.0 Å².